The first-order chi connectivity index (χ1) is 12.6. The van der Waals surface area contributed by atoms with Crippen molar-refractivity contribution in [2.45, 2.75) is 17.6 Å². The number of anilines is 1. The zero-order chi connectivity index (χ0) is 19.8. The van der Waals surface area contributed by atoms with Crippen molar-refractivity contribution in [1.82, 2.24) is 5.32 Å². The highest BCUT2D eigenvalue weighted by Crippen LogP contribution is 2.49. The average molecular weight is 417 g/mol. The highest BCUT2D eigenvalue weighted by Gasteiger charge is 2.36. The van der Waals surface area contributed by atoms with Crippen LogP contribution in [-0.4, -0.2) is 4.92 Å². The minimum absolute atomic E-state index is 0.0374. The molecule has 11 heteroatoms. The summed E-state index contributed by atoms with van der Waals surface area (Å²) in [4.78, 5) is 10.2. The van der Waals surface area contributed by atoms with E-state index >= 15 is 0 Å². The van der Waals surface area contributed by atoms with Crippen LogP contribution in [-0.2, 0) is 12.7 Å². The standard InChI is InChI=1S/C16H11ClF3N3O3S/c17-10-3-1-8(2-4-10)7-21-14(24)15-22-11-5-9(16(18,19)20)6-12(23(25)26)13(11)27-15/h1-6,21-22,24H,7H2/p-1. The Hall–Kier alpha value is -2.59. The van der Waals surface area contributed by atoms with E-state index < -0.39 is 28.2 Å². The molecule has 1 aliphatic rings. The number of rotatable bonds is 4. The maximum absolute atomic E-state index is 12.9. The molecular formula is C16H10ClF3N3O3S-. The van der Waals surface area contributed by atoms with Crippen LogP contribution in [0.1, 0.15) is 11.1 Å². The van der Waals surface area contributed by atoms with Crippen molar-refractivity contribution in [2.24, 2.45) is 0 Å². The van der Waals surface area contributed by atoms with E-state index in [1.54, 1.807) is 24.3 Å². The fourth-order valence-corrected chi connectivity index (χ4v) is 3.44. The van der Waals surface area contributed by atoms with Crippen molar-refractivity contribution in [3.63, 3.8) is 0 Å². The molecule has 2 aromatic carbocycles. The van der Waals surface area contributed by atoms with E-state index in [4.69, 9.17) is 11.6 Å². The largest absolute Gasteiger partial charge is 0.859 e. The number of nitro benzene ring substituents is 1. The SMILES string of the molecule is O=[N+]([O-])c1cc(C(F)(F)F)cc2c1SC(=C([O-])NCc1ccc(Cl)cc1)N2. The van der Waals surface area contributed by atoms with E-state index in [0.717, 1.165) is 23.4 Å². The molecular weight excluding hydrogens is 407 g/mol. The summed E-state index contributed by atoms with van der Waals surface area (Å²) in [7, 11) is 0. The summed E-state index contributed by atoms with van der Waals surface area (Å²) in [6.07, 6.45) is -4.74. The van der Waals surface area contributed by atoms with Gasteiger partial charge in [0.05, 0.1) is 21.2 Å². The minimum atomic E-state index is -4.74. The van der Waals surface area contributed by atoms with Crippen LogP contribution in [0.2, 0.25) is 5.02 Å². The molecule has 0 fully saturated rings. The number of nitrogens with zero attached hydrogens (tertiary/aromatic N) is 1. The van der Waals surface area contributed by atoms with Gasteiger partial charge in [0.2, 0.25) is 0 Å². The first-order valence-corrected chi connectivity index (χ1v) is 8.58. The van der Waals surface area contributed by atoms with Gasteiger partial charge in [-0.2, -0.15) is 13.2 Å². The molecule has 2 aromatic rings. The number of nitro groups is 1. The van der Waals surface area contributed by atoms with Crippen molar-refractivity contribution in [1.29, 1.82) is 0 Å². The van der Waals surface area contributed by atoms with Gasteiger partial charge < -0.3 is 15.7 Å². The number of hydrogen-bond acceptors (Lipinski definition) is 6. The summed E-state index contributed by atoms with van der Waals surface area (Å²) in [5, 5.41) is 29.0. The van der Waals surface area contributed by atoms with Crippen LogP contribution >= 0.6 is 23.4 Å². The summed E-state index contributed by atoms with van der Waals surface area (Å²) < 4.78 is 38.8. The van der Waals surface area contributed by atoms with Crippen molar-refractivity contribution in [3.8, 4) is 0 Å². The summed E-state index contributed by atoms with van der Waals surface area (Å²) in [6.45, 7) is 0.161. The molecule has 0 aliphatic carbocycles. The molecule has 0 aromatic heterocycles. The lowest BCUT2D eigenvalue weighted by Crippen LogP contribution is -2.25. The zero-order valence-corrected chi connectivity index (χ0v) is 14.8. The number of fused-ring (bicyclic) bond motifs is 1. The van der Waals surface area contributed by atoms with E-state index in [1.165, 1.54) is 0 Å². The van der Waals surface area contributed by atoms with Gasteiger partial charge in [0.1, 0.15) is 4.90 Å². The molecule has 0 saturated heterocycles. The molecule has 142 valence electrons. The van der Waals surface area contributed by atoms with Gasteiger partial charge in [0, 0.05) is 17.6 Å². The molecule has 0 spiro atoms. The van der Waals surface area contributed by atoms with Gasteiger partial charge in [0.25, 0.3) is 5.69 Å². The van der Waals surface area contributed by atoms with E-state index in [1.807, 2.05) is 0 Å². The van der Waals surface area contributed by atoms with Gasteiger partial charge in [-0.05, 0) is 29.6 Å². The summed E-state index contributed by atoms with van der Waals surface area (Å²) in [5.41, 5.74) is -1.24. The molecule has 0 atom stereocenters. The monoisotopic (exact) mass is 416 g/mol. The molecule has 2 N–H and O–H groups in total. The Labute approximate surface area is 160 Å². The quantitative estimate of drug-likeness (QED) is 0.444. The van der Waals surface area contributed by atoms with Gasteiger partial charge in [-0.1, -0.05) is 35.5 Å². The predicted molar refractivity (Wildman–Crippen MR) is 92.9 cm³/mol. The Morgan fingerprint density at radius 3 is 2.52 bits per heavy atom. The van der Waals surface area contributed by atoms with Crippen LogP contribution in [0, 0.1) is 10.1 Å². The Morgan fingerprint density at radius 1 is 1.26 bits per heavy atom. The first-order valence-electron chi connectivity index (χ1n) is 7.39. The molecule has 0 bridgehead atoms. The lowest BCUT2D eigenvalue weighted by molar-refractivity contribution is -0.387. The number of alkyl halides is 3. The minimum Gasteiger partial charge on any atom is -0.859 e. The normalized spacial score (nSPS) is 15.1. The Morgan fingerprint density at radius 2 is 1.93 bits per heavy atom. The average Bonchev–Trinajstić information content (AvgIpc) is 3.03. The second kappa shape index (κ2) is 7.20. The van der Waals surface area contributed by atoms with Crippen LogP contribution in [0.4, 0.5) is 24.5 Å². The molecule has 0 saturated carbocycles. The molecule has 6 nitrogen and oxygen atoms in total. The topological polar surface area (TPSA) is 90.3 Å². The van der Waals surface area contributed by atoms with Gasteiger partial charge in [-0.25, -0.2) is 0 Å². The van der Waals surface area contributed by atoms with Crippen LogP contribution in [0.15, 0.2) is 52.2 Å². The maximum Gasteiger partial charge on any atom is 0.416 e. The fraction of sp³-hybridized carbons (Fsp3) is 0.125. The summed E-state index contributed by atoms with van der Waals surface area (Å²) in [5.74, 6) is -0.589. The van der Waals surface area contributed by atoms with Crippen molar-refractivity contribution >= 4 is 34.7 Å². The van der Waals surface area contributed by atoms with E-state index in [2.05, 4.69) is 10.6 Å². The smallest absolute Gasteiger partial charge is 0.416 e. The molecule has 0 unspecified atom stereocenters. The Kier molecular flexibility index (Phi) is 5.11. The van der Waals surface area contributed by atoms with E-state index in [9.17, 15) is 28.4 Å². The van der Waals surface area contributed by atoms with Crippen molar-refractivity contribution in [3.05, 3.63) is 73.6 Å². The van der Waals surface area contributed by atoms with Crippen LogP contribution in [0.3, 0.4) is 0 Å². The van der Waals surface area contributed by atoms with Crippen LogP contribution in [0.25, 0.3) is 0 Å². The van der Waals surface area contributed by atoms with Gasteiger partial charge in [0.15, 0.2) is 0 Å². The lowest BCUT2D eigenvalue weighted by atomic mass is 10.1. The number of hydrogen-bond donors (Lipinski definition) is 2. The van der Waals surface area contributed by atoms with E-state index in [0.29, 0.717) is 11.1 Å². The number of thioether (sulfide) groups is 1. The second-order valence-electron chi connectivity index (χ2n) is 5.49. The summed E-state index contributed by atoms with van der Waals surface area (Å²) >= 11 is 6.49. The predicted octanol–water partition coefficient (Wildman–Crippen LogP) is 4.06. The molecule has 3 rings (SSSR count). The third-order valence-electron chi connectivity index (χ3n) is 3.62. The number of halogens is 4. The fourth-order valence-electron chi connectivity index (χ4n) is 2.33. The molecule has 27 heavy (non-hydrogen) atoms. The third-order valence-corrected chi connectivity index (χ3v) is 4.99. The highest BCUT2D eigenvalue weighted by atomic mass is 35.5. The Balaban J connectivity index is 1.85. The van der Waals surface area contributed by atoms with Gasteiger partial charge >= 0.3 is 6.18 Å². The molecule has 0 radical (unpaired) electrons. The first kappa shape index (κ1) is 19.2. The highest BCUT2D eigenvalue weighted by molar-refractivity contribution is 8.03. The number of nitrogens with one attached hydrogen (secondary N) is 2. The number of benzene rings is 2. The zero-order valence-electron chi connectivity index (χ0n) is 13.3. The lowest BCUT2D eigenvalue weighted by Gasteiger charge is -2.18. The van der Waals surface area contributed by atoms with Gasteiger partial charge in [-0.15, -0.1) is 0 Å². The van der Waals surface area contributed by atoms with Crippen molar-refractivity contribution in [2.75, 3.05) is 5.32 Å². The molecule has 0 amide bonds. The van der Waals surface area contributed by atoms with Crippen LogP contribution < -0.4 is 15.7 Å². The third kappa shape index (κ3) is 4.22. The molecule has 1 aliphatic heterocycles. The second-order valence-corrected chi connectivity index (χ2v) is 6.95. The summed E-state index contributed by atoms with van der Waals surface area (Å²) in [6, 6.07) is 7.92. The van der Waals surface area contributed by atoms with Crippen molar-refractivity contribution < 1.29 is 23.2 Å². The van der Waals surface area contributed by atoms with Gasteiger partial charge in [-0.3, -0.25) is 10.1 Å². The Bertz CT molecular complexity index is 933. The maximum atomic E-state index is 12.9. The van der Waals surface area contributed by atoms with Crippen LogP contribution in [0.5, 0.6) is 0 Å². The van der Waals surface area contributed by atoms with E-state index in [-0.39, 0.29) is 22.2 Å². The molecule has 1 heterocycles.